The van der Waals surface area contributed by atoms with Gasteiger partial charge in [0.2, 0.25) is 0 Å². The molecule has 0 fully saturated rings. The van der Waals surface area contributed by atoms with Gasteiger partial charge in [-0.3, -0.25) is 0 Å². The van der Waals surface area contributed by atoms with E-state index in [1.165, 1.54) is 20.2 Å². The van der Waals surface area contributed by atoms with Crippen molar-refractivity contribution in [2.75, 3.05) is 0 Å². The smallest absolute Gasteiger partial charge is 1.00 e. The summed E-state index contributed by atoms with van der Waals surface area (Å²) in [4.78, 5) is 0. The quantitative estimate of drug-likeness (QED) is 0.394. The van der Waals surface area contributed by atoms with Crippen LogP contribution in [0.3, 0.4) is 0 Å². The molecule has 0 N–H and O–H groups in total. The Labute approximate surface area is 152 Å². The number of rotatable bonds is 0. The van der Waals surface area contributed by atoms with E-state index in [9.17, 15) is 0 Å². The van der Waals surface area contributed by atoms with Crippen LogP contribution in [0.1, 0.15) is 0 Å². The summed E-state index contributed by atoms with van der Waals surface area (Å²) >= 11 is -3.03. The summed E-state index contributed by atoms with van der Waals surface area (Å²) in [6, 6.07) is 0. The minimum atomic E-state index is -3.03. The third kappa shape index (κ3) is 5.89. The molecule has 0 bridgehead atoms. The van der Waals surface area contributed by atoms with Gasteiger partial charge in [0.15, 0.2) is 0 Å². The van der Waals surface area contributed by atoms with E-state index in [1.54, 1.807) is 0 Å². The molecule has 0 aliphatic heterocycles. The third-order valence-electron chi connectivity index (χ3n) is 0.424. The van der Waals surface area contributed by atoms with Crippen LogP contribution in [0.2, 0.25) is 0 Å². The average Bonchev–Trinajstić information content (AvgIpc) is 1.95. The zero-order chi connectivity index (χ0) is 7.33. The van der Waals surface area contributed by atoms with Crippen LogP contribution in [0.5, 0.6) is 0 Å². The molecule has 0 aromatic heterocycles. The monoisotopic (exact) mass is 240 g/mol. The Balaban J connectivity index is -0.000000320. The molecule has 0 aliphatic carbocycles. The number of hydrogen-bond acceptors (Lipinski definition) is 4. The van der Waals surface area contributed by atoms with Gasteiger partial charge < -0.3 is 0 Å². The van der Waals surface area contributed by atoms with Crippen molar-refractivity contribution in [2.24, 2.45) is 0 Å². The summed E-state index contributed by atoms with van der Waals surface area (Å²) in [5.41, 5.74) is 0. The van der Waals surface area contributed by atoms with Crippen molar-refractivity contribution in [3.8, 4) is 20.2 Å². The van der Waals surface area contributed by atoms with Crippen LogP contribution in [-0.4, -0.2) is 0 Å². The van der Waals surface area contributed by atoms with Crippen molar-refractivity contribution in [3.05, 3.63) is 0 Å². The van der Waals surface area contributed by atoms with Crippen LogP contribution < -0.4 is 103 Å². The second-order valence-corrected chi connectivity index (χ2v) is 3.12. The minimum Gasteiger partial charge on any atom is 1.00 e. The molecule has 0 saturated heterocycles. The van der Waals surface area contributed by atoms with Gasteiger partial charge in [-0.1, -0.05) is 0 Å². The van der Waals surface area contributed by atoms with Crippen molar-refractivity contribution >= 4 is 0 Å². The second kappa shape index (κ2) is 9.81. The summed E-state index contributed by atoms with van der Waals surface area (Å²) < 4.78 is 0. The van der Waals surface area contributed by atoms with Crippen LogP contribution in [0.4, 0.5) is 0 Å². The molecule has 0 aromatic carbocycles. The van der Waals surface area contributed by atoms with Gasteiger partial charge in [0, 0.05) is 0 Å². The molecule has 0 heterocycles. The van der Waals surface area contributed by atoms with Crippen molar-refractivity contribution in [2.45, 2.75) is 0 Å². The maximum Gasteiger partial charge on any atom is 1.00 e. The van der Waals surface area contributed by atoms with E-state index < -0.39 is 12.4 Å². The summed E-state index contributed by atoms with van der Waals surface area (Å²) in [5.74, 6) is 0. The van der Waals surface area contributed by atoms with Crippen LogP contribution in [0.15, 0.2) is 0 Å². The third-order valence-corrected chi connectivity index (χ3v) is 1.75. The van der Waals surface area contributed by atoms with Crippen molar-refractivity contribution in [3.63, 3.8) is 0 Å². The summed E-state index contributed by atoms with van der Waals surface area (Å²) in [6.07, 6.45) is 0. The van der Waals surface area contributed by atoms with E-state index in [2.05, 4.69) is 0 Å². The molecule has 0 rings (SSSR count). The first-order valence-electron chi connectivity index (χ1n) is 1.53. The maximum atomic E-state index is 8.10. The molecular formula is C4K2N4Ni. The summed E-state index contributed by atoms with van der Waals surface area (Å²) in [6.45, 7) is 0. The van der Waals surface area contributed by atoms with Gasteiger partial charge in [-0.05, 0) is 0 Å². The van der Waals surface area contributed by atoms with Crippen molar-refractivity contribution in [1.29, 1.82) is 21.0 Å². The van der Waals surface area contributed by atoms with Gasteiger partial charge in [0.25, 0.3) is 0 Å². The normalized spacial score (nSPS) is 7.64. The first-order chi connectivity index (χ1) is 4.24. The Morgan fingerprint density at radius 2 is 0.818 bits per heavy atom. The second-order valence-electron chi connectivity index (χ2n) is 0.757. The van der Waals surface area contributed by atoms with Gasteiger partial charge in [-0.15, -0.1) is 0 Å². The molecule has 0 amide bonds. The number of nitrogens with zero attached hydrogens (tertiary/aromatic N) is 4. The van der Waals surface area contributed by atoms with Crippen molar-refractivity contribution < 1.29 is 115 Å². The van der Waals surface area contributed by atoms with E-state index in [-0.39, 0.29) is 103 Å². The molecule has 11 heavy (non-hydrogen) atoms. The van der Waals surface area contributed by atoms with E-state index in [4.69, 9.17) is 21.0 Å². The number of nitriles is 4. The molecule has 48 valence electrons. The predicted octanol–water partition coefficient (Wildman–Crippen LogP) is -5.93. The molecule has 0 aliphatic rings. The summed E-state index contributed by atoms with van der Waals surface area (Å²) in [7, 11) is 0. The first-order valence-corrected chi connectivity index (χ1v) is 3.50. The molecule has 7 heteroatoms. The van der Waals surface area contributed by atoms with E-state index >= 15 is 0 Å². The van der Waals surface area contributed by atoms with E-state index in [0.29, 0.717) is 0 Å². The Bertz CT molecular complexity index is 213. The Hall–Kier alpha value is 1.73. The van der Waals surface area contributed by atoms with Crippen LogP contribution in [0, 0.1) is 41.2 Å². The molecule has 0 unspecified atom stereocenters. The molecule has 0 aromatic rings. The molecule has 4 nitrogen and oxygen atoms in total. The Kier molecular flexibility index (Phi) is 16.5. The van der Waals surface area contributed by atoms with Gasteiger partial charge in [0.1, 0.15) is 0 Å². The Morgan fingerprint density at radius 3 is 0.818 bits per heavy atom. The summed E-state index contributed by atoms with van der Waals surface area (Å²) in [5, 5.41) is 37.9. The van der Waals surface area contributed by atoms with Gasteiger partial charge in [-0.2, -0.15) is 0 Å². The first kappa shape index (κ1) is 18.5. The van der Waals surface area contributed by atoms with Crippen LogP contribution >= 0.6 is 0 Å². The fraction of sp³-hybridized carbons (Fsp3) is 0. The fourth-order valence-electron chi connectivity index (χ4n) is 0.0949. The molecular weight excluding hydrogens is 241 g/mol. The Morgan fingerprint density at radius 1 is 0.636 bits per heavy atom. The van der Waals surface area contributed by atoms with Gasteiger partial charge >= 0.3 is 156 Å². The maximum absolute atomic E-state index is 8.10. The van der Waals surface area contributed by atoms with Crippen LogP contribution in [0.25, 0.3) is 0 Å². The molecule has 0 spiro atoms. The van der Waals surface area contributed by atoms with E-state index in [1.807, 2.05) is 0 Å². The van der Waals surface area contributed by atoms with Crippen molar-refractivity contribution in [1.82, 2.24) is 0 Å². The predicted molar refractivity (Wildman–Crippen MR) is 22.5 cm³/mol. The molecule has 0 atom stereocenters. The van der Waals surface area contributed by atoms with Crippen LogP contribution in [-0.2, 0) is 12.4 Å². The average molecular weight is 241 g/mol. The molecule has 0 radical (unpaired) electrons. The minimum absolute atomic E-state index is 0. The zero-order valence-corrected chi connectivity index (χ0v) is 13.3. The topological polar surface area (TPSA) is 95.2 Å². The number of hydrogen-bond donors (Lipinski definition) is 0. The fourth-order valence-corrected chi connectivity index (χ4v) is 0.391. The zero-order valence-electron chi connectivity index (χ0n) is 6.11. The van der Waals surface area contributed by atoms with Gasteiger partial charge in [0.05, 0.1) is 0 Å². The van der Waals surface area contributed by atoms with Gasteiger partial charge in [-0.25, -0.2) is 0 Å². The largest absolute Gasteiger partial charge is 1.00 e. The SMILES string of the molecule is N#[C][Ni-2]([C]#N)([C]#N)[C]#N.[K+].[K+]. The molecule has 0 saturated carbocycles. The standard InChI is InChI=1S/4CN.2K.Ni/c4*1-2;;;/q;;;;2*+1;-2. The van der Waals surface area contributed by atoms with E-state index in [0.717, 1.165) is 0 Å².